The molecule has 3 aliphatic rings. The largest absolute Gasteiger partial charge is 0.504 e. The summed E-state index contributed by atoms with van der Waals surface area (Å²) in [7, 11) is 2.88. The Bertz CT molecular complexity index is 1160. The van der Waals surface area contributed by atoms with E-state index in [-0.39, 0.29) is 61.0 Å². The molecule has 11 heteroatoms. The van der Waals surface area contributed by atoms with Crippen molar-refractivity contribution in [3.05, 3.63) is 57.7 Å². The highest BCUT2D eigenvalue weighted by atomic mass is 19.1. The van der Waals surface area contributed by atoms with Gasteiger partial charge in [-0.05, 0) is 54.4 Å². The number of allylic oxidation sites excluding steroid dienone is 1. The van der Waals surface area contributed by atoms with Gasteiger partial charge in [0.15, 0.2) is 12.0 Å². The number of aryl methyl sites for hydroxylation is 1. The van der Waals surface area contributed by atoms with Gasteiger partial charge < -0.3 is 30.1 Å². The summed E-state index contributed by atoms with van der Waals surface area (Å²) in [5.74, 6) is -0.985. The molecular formula is C27H35FN4O6. The van der Waals surface area contributed by atoms with Crippen LogP contribution in [0.5, 0.6) is 0 Å². The van der Waals surface area contributed by atoms with Gasteiger partial charge in [0.25, 0.3) is 5.91 Å². The Morgan fingerprint density at radius 3 is 2.71 bits per heavy atom. The number of rotatable bonds is 8. The van der Waals surface area contributed by atoms with Crippen molar-refractivity contribution in [2.75, 3.05) is 33.8 Å². The number of hydrogen-bond acceptors (Lipinski definition) is 8. The number of likely N-dealkylation sites (N-methyl/N-ethyl adjacent to an activating group) is 1. The van der Waals surface area contributed by atoms with E-state index in [0.717, 1.165) is 18.4 Å². The summed E-state index contributed by atoms with van der Waals surface area (Å²) >= 11 is 0. The van der Waals surface area contributed by atoms with E-state index in [4.69, 9.17) is 4.74 Å². The summed E-state index contributed by atoms with van der Waals surface area (Å²) in [5, 5.41) is 25.1. The second kappa shape index (κ2) is 11.5. The molecule has 2 heterocycles. The number of amides is 2. The van der Waals surface area contributed by atoms with E-state index in [1.54, 1.807) is 29.0 Å². The fourth-order valence-corrected chi connectivity index (χ4v) is 5.16. The molecule has 3 N–H and O–H groups in total. The minimum Gasteiger partial charge on any atom is -0.504 e. The Balaban J connectivity index is 1.60. The Morgan fingerprint density at radius 2 is 2.08 bits per heavy atom. The molecule has 1 aromatic carbocycles. The van der Waals surface area contributed by atoms with Gasteiger partial charge in [0.2, 0.25) is 0 Å². The van der Waals surface area contributed by atoms with Gasteiger partial charge in [-0.2, -0.15) is 0 Å². The number of nitrogens with one attached hydrogen (secondary N) is 1. The fourth-order valence-electron chi connectivity index (χ4n) is 5.16. The second-order valence-corrected chi connectivity index (χ2v) is 9.96. The van der Waals surface area contributed by atoms with Crippen LogP contribution in [0.2, 0.25) is 0 Å². The minimum absolute atomic E-state index is 0.0111. The molecule has 1 aliphatic carbocycles. The molecule has 0 spiro atoms. The van der Waals surface area contributed by atoms with Crippen LogP contribution in [0.1, 0.15) is 37.3 Å². The third-order valence-electron chi connectivity index (χ3n) is 7.48. The van der Waals surface area contributed by atoms with E-state index in [2.05, 4.69) is 5.32 Å². The van der Waals surface area contributed by atoms with E-state index in [1.807, 2.05) is 6.92 Å². The molecule has 0 aromatic heterocycles. The van der Waals surface area contributed by atoms with Crippen molar-refractivity contribution in [2.45, 2.75) is 51.5 Å². The van der Waals surface area contributed by atoms with Gasteiger partial charge in [-0.15, -0.1) is 0 Å². The van der Waals surface area contributed by atoms with Gasteiger partial charge in [-0.25, -0.2) is 9.18 Å². The van der Waals surface area contributed by atoms with Crippen LogP contribution in [0.3, 0.4) is 0 Å². The number of methoxy groups -OCH3 is 1. The number of nitrogens with zero attached hydrogens (tertiary/aromatic N) is 3. The molecule has 3 fully saturated rings. The summed E-state index contributed by atoms with van der Waals surface area (Å²) in [5.41, 5.74) is 1.98. The van der Waals surface area contributed by atoms with Crippen LogP contribution >= 0.6 is 0 Å². The van der Waals surface area contributed by atoms with E-state index < -0.39 is 18.1 Å². The average Bonchev–Trinajstić information content (AvgIpc) is 3.71. The van der Waals surface area contributed by atoms with E-state index in [0.29, 0.717) is 30.5 Å². The molecule has 0 radical (unpaired) electrons. The zero-order valence-electron chi connectivity index (χ0n) is 21.9. The maximum Gasteiger partial charge on any atom is 0.409 e. The SMILES string of the molecule is CCc1cc(CN2CCC(=C3/NC(C4CC4)N(CCN(C)C(=O)OC)C3=O)/C(=C(/O)C=O)C2O)ccc1F. The monoisotopic (exact) mass is 530 g/mol. The Hall–Kier alpha value is -3.44. The van der Waals surface area contributed by atoms with Crippen LogP contribution in [0.25, 0.3) is 0 Å². The molecule has 38 heavy (non-hydrogen) atoms. The molecule has 1 aromatic rings. The zero-order chi connectivity index (χ0) is 27.6. The van der Waals surface area contributed by atoms with Gasteiger partial charge in [0.05, 0.1) is 7.11 Å². The zero-order valence-corrected chi connectivity index (χ0v) is 21.9. The first-order chi connectivity index (χ1) is 18.2. The standard InChI is InChI=1S/C27H35FN4O6/c1-4-17-13-16(5-8-20(17)28)14-31-10-9-19(22(25(31)35)21(34)15-33)23-26(36)32(24(29-23)18-6-7-18)12-11-30(2)27(37)38-3/h5,8,13,15,18,24-25,29,34-35H,4,6-7,9-12,14H2,1-3H3/b22-21-,23-19-. The Morgan fingerprint density at radius 1 is 1.34 bits per heavy atom. The van der Waals surface area contributed by atoms with Crippen molar-refractivity contribution in [1.29, 1.82) is 0 Å². The fraction of sp³-hybridized carbons (Fsp3) is 0.519. The van der Waals surface area contributed by atoms with Gasteiger partial charge >= 0.3 is 6.09 Å². The number of carbonyl (C=O) groups excluding carboxylic acids is 3. The number of benzene rings is 1. The molecular weight excluding hydrogens is 495 g/mol. The third-order valence-corrected chi connectivity index (χ3v) is 7.48. The minimum atomic E-state index is -1.35. The topological polar surface area (TPSA) is 123 Å². The highest BCUT2D eigenvalue weighted by Crippen LogP contribution is 2.40. The van der Waals surface area contributed by atoms with E-state index >= 15 is 0 Å². The van der Waals surface area contributed by atoms with Crippen molar-refractivity contribution in [2.24, 2.45) is 5.92 Å². The Labute approximate surface area is 221 Å². The molecule has 10 nitrogen and oxygen atoms in total. The number of ether oxygens (including phenoxy) is 1. The van der Waals surface area contributed by atoms with Gasteiger partial charge in [0.1, 0.15) is 23.9 Å². The molecule has 2 amide bonds. The van der Waals surface area contributed by atoms with Gasteiger partial charge in [-0.3, -0.25) is 14.5 Å². The summed E-state index contributed by atoms with van der Waals surface area (Å²) < 4.78 is 18.7. The normalized spacial score (nSPS) is 25.3. The van der Waals surface area contributed by atoms with Crippen molar-refractivity contribution in [3.63, 3.8) is 0 Å². The molecule has 1 saturated carbocycles. The number of likely N-dealkylation sites (tertiary alicyclic amines) is 1. The molecule has 2 unspecified atom stereocenters. The highest BCUT2D eigenvalue weighted by Gasteiger charge is 2.46. The molecule has 206 valence electrons. The lowest BCUT2D eigenvalue weighted by Gasteiger charge is -2.36. The van der Waals surface area contributed by atoms with Crippen LogP contribution in [0, 0.1) is 11.7 Å². The number of piperidine rings is 1. The summed E-state index contributed by atoms with van der Waals surface area (Å²) in [6, 6.07) is 4.77. The van der Waals surface area contributed by atoms with Crippen molar-refractivity contribution in [1.82, 2.24) is 20.0 Å². The summed E-state index contributed by atoms with van der Waals surface area (Å²) in [6.07, 6.45) is 0.856. The van der Waals surface area contributed by atoms with E-state index in [9.17, 15) is 29.0 Å². The number of halogens is 1. The predicted molar refractivity (Wildman–Crippen MR) is 136 cm³/mol. The number of aliphatic hydroxyl groups excluding tert-OH is 2. The van der Waals surface area contributed by atoms with Crippen LogP contribution in [0.4, 0.5) is 9.18 Å². The van der Waals surface area contributed by atoms with Crippen LogP contribution in [0.15, 0.2) is 40.8 Å². The van der Waals surface area contributed by atoms with Gasteiger partial charge in [0, 0.05) is 38.8 Å². The molecule has 2 aliphatic heterocycles. The summed E-state index contributed by atoms with van der Waals surface area (Å²) in [4.78, 5) is 41.7. The van der Waals surface area contributed by atoms with Crippen LogP contribution in [-0.2, 0) is 27.3 Å². The number of aliphatic hydroxyl groups is 2. The number of aldehydes is 1. The van der Waals surface area contributed by atoms with E-state index in [1.165, 1.54) is 18.1 Å². The van der Waals surface area contributed by atoms with Crippen LogP contribution in [-0.4, -0.2) is 89.4 Å². The van der Waals surface area contributed by atoms with Crippen molar-refractivity contribution >= 4 is 18.3 Å². The lowest BCUT2D eigenvalue weighted by molar-refractivity contribution is -0.126. The first-order valence-corrected chi connectivity index (χ1v) is 12.9. The molecule has 4 rings (SSSR count). The van der Waals surface area contributed by atoms with Crippen LogP contribution < -0.4 is 5.32 Å². The van der Waals surface area contributed by atoms with Crippen molar-refractivity contribution < 1.29 is 33.7 Å². The number of hydrogen-bond donors (Lipinski definition) is 3. The Kier molecular flexibility index (Phi) is 8.37. The van der Waals surface area contributed by atoms with Crippen molar-refractivity contribution in [3.8, 4) is 0 Å². The van der Waals surface area contributed by atoms with Gasteiger partial charge in [-0.1, -0.05) is 19.1 Å². The molecule has 2 atom stereocenters. The highest BCUT2D eigenvalue weighted by molar-refractivity contribution is 5.97. The first kappa shape index (κ1) is 27.6. The average molecular weight is 531 g/mol. The predicted octanol–water partition coefficient (Wildman–Crippen LogP) is 2.04. The quantitative estimate of drug-likeness (QED) is 0.265. The maximum absolute atomic E-state index is 14.0. The maximum atomic E-state index is 14.0. The number of carbonyl (C=O) groups is 3. The smallest absolute Gasteiger partial charge is 0.409 e. The third kappa shape index (κ3) is 5.53. The molecule has 2 saturated heterocycles. The lowest BCUT2D eigenvalue weighted by Crippen LogP contribution is -2.43. The second-order valence-electron chi connectivity index (χ2n) is 9.96. The lowest BCUT2D eigenvalue weighted by atomic mass is 9.92. The molecule has 0 bridgehead atoms. The summed E-state index contributed by atoms with van der Waals surface area (Å²) in [6.45, 7) is 3.01. The first-order valence-electron chi connectivity index (χ1n) is 12.9.